The van der Waals surface area contributed by atoms with Gasteiger partial charge in [-0.05, 0) is 12.5 Å². The molecule has 1 unspecified atom stereocenters. The molecule has 6 nitrogen and oxygen atoms in total. The van der Waals surface area contributed by atoms with Crippen LogP contribution in [0.15, 0.2) is 35.8 Å². The van der Waals surface area contributed by atoms with E-state index in [0.717, 1.165) is 35.5 Å². The largest absolute Gasteiger partial charge is 0.364 e. The summed E-state index contributed by atoms with van der Waals surface area (Å²) in [6.45, 7) is 1.75. The molecule has 1 saturated heterocycles. The van der Waals surface area contributed by atoms with Gasteiger partial charge in [-0.3, -0.25) is 9.48 Å². The molecule has 1 atom stereocenters. The van der Waals surface area contributed by atoms with Gasteiger partial charge in [-0.2, -0.15) is 5.10 Å². The molecular formula is C15H15N5OS. The number of fused-ring (bicyclic) bond motifs is 1. The number of nitrogens with two attached hydrogens (primary N) is 1. The number of amides is 1. The standard InChI is InChI=1S/C15H15N5OS/c16-14(21)12-9-22-15(18-12)19-6-5-11(8-19)20-13-4-2-1-3-10(13)7-17-20/h1-4,7,9,11H,5-6,8H2,(H2,16,21). The monoisotopic (exact) mass is 313 g/mol. The molecular weight excluding hydrogens is 298 g/mol. The van der Waals surface area contributed by atoms with Gasteiger partial charge < -0.3 is 10.6 Å². The third-order valence-corrected chi connectivity index (χ3v) is 4.93. The number of hydrogen-bond donors (Lipinski definition) is 1. The minimum Gasteiger partial charge on any atom is -0.364 e. The van der Waals surface area contributed by atoms with E-state index in [1.54, 1.807) is 5.38 Å². The first-order chi connectivity index (χ1) is 10.7. The Labute approximate surface area is 131 Å². The molecule has 7 heteroatoms. The summed E-state index contributed by atoms with van der Waals surface area (Å²) in [7, 11) is 0. The Balaban J connectivity index is 1.58. The molecule has 0 spiro atoms. The minimum absolute atomic E-state index is 0.320. The number of thiazole rings is 1. The van der Waals surface area contributed by atoms with E-state index in [0.29, 0.717) is 11.7 Å². The molecule has 0 radical (unpaired) electrons. The van der Waals surface area contributed by atoms with E-state index in [-0.39, 0.29) is 0 Å². The molecule has 1 amide bonds. The van der Waals surface area contributed by atoms with Crippen LogP contribution in [-0.2, 0) is 0 Å². The van der Waals surface area contributed by atoms with E-state index in [1.165, 1.54) is 11.3 Å². The average Bonchev–Trinajstić information content (AvgIpc) is 3.25. The van der Waals surface area contributed by atoms with Crippen LogP contribution in [0.1, 0.15) is 23.0 Å². The van der Waals surface area contributed by atoms with Crippen molar-refractivity contribution >= 4 is 33.3 Å². The van der Waals surface area contributed by atoms with Crippen molar-refractivity contribution in [3.63, 3.8) is 0 Å². The highest BCUT2D eigenvalue weighted by atomic mass is 32.1. The predicted molar refractivity (Wildman–Crippen MR) is 86.2 cm³/mol. The molecule has 3 aromatic rings. The summed E-state index contributed by atoms with van der Waals surface area (Å²) in [5, 5.41) is 8.27. The first-order valence-corrected chi connectivity index (χ1v) is 8.03. The summed E-state index contributed by atoms with van der Waals surface area (Å²) >= 11 is 1.46. The molecule has 0 saturated carbocycles. The summed E-state index contributed by atoms with van der Waals surface area (Å²) < 4.78 is 2.10. The Morgan fingerprint density at radius 2 is 2.23 bits per heavy atom. The zero-order chi connectivity index (χ0) is 15.1. The summed E-state index contributed by atoms with van der Waals surface area (Å²) in [5.74, 6) is -0.476. The SMILES string of the molecule is NC(=O)c1csc(N2CCC(n3ncc4ccccc43)C2)n1. The van der Waals surface area contributed by atoms with Gasteiger partial charge in [0.1, 0.15) is 5.69 Å². The first kappa shape index (κ1) is 13.3. The van der Waals surface area contributed by atoms with Gasteiger partial charge in [0, 0.05) is 23.9 Å². The first-order valence-electron chi connectivity index (χ1n) is 7.15. The van der Waals surface area contributed by atoms with Crippen LogP contribution in [0.5, 0.6) is 0 Å². The highest BCUT2D eigenvalue weighted by Crippen LogP contribution is 2.30. The maximum absolute atomic E-state index is 11.2. The summed E-state index contributed by atoms with van der Waals surface area (Å²) in [6.07, 6.45) is 2.92. The number of anilines is 1. The fourth-order valence-electron chi connectivity index (χ4n) is 2.92. The second-order valence-electron chi connectivity index (χ2n) is 5.42. The minimum atomic E-state index is -0.476. The molecule has 3 heterocycles. The van der Waals surface area contributed by atoms with Crippen molar-refractivity contribution in [2.75, 3.05) is 18.0 Å². The normalized spacial score (nSPS) is 18.2. The lowest BCUT2D eigenvalue weighted by atomic mass is 10.2. The van der Waals surface area contributed by atoms with Gasteiger partial charge in [0.25, 0.3) is 5.91 Å². The van der Waals surface area contributed by atoms with Crippen LogP contribution in [0.25, 0.3) is 10.9 Å². The molecule has 22 heavy (non-hydrogen) atoms. The third-order valence-electron chi connectivity index (χ3n) is 4.03. The molecule has 2 aromatic heterocycles. The second kappa shape index (κ2) is 5.10. The number of hydrogen-bond acceptors (Lipinski definition) is 5. The smallest absolute Gasteiger partial charge is 0.268 e. The van der Waals surface area contributed by atoms with Crippen molar-refractivity contribution in [3.8, 4) is 0 Å². The fraction of sp³-hybridized carbons (Fsp3) is 0.267. The summed E-state index contributed by atoms with van der Waals surface area (Å²) in [4.78, 5) is 17.7. The van der Waals surface area contributed by atoms with E-state index < -0.39 is 5.91 Å². The van der Waals surface area contributed by atoms with E-state index >= 15 is 0 Å². The highest BCUT2D eigenvalue weighted by molar-refractivity contribution is 7.13. The van der Waals surface area contributed by atoms with Gasteiger partial charge in [0.15, 0.2) is 5.13 Å². The van der Waals surface area contributed by atoms with Crippen molar-refractivity contribution in [1.29, 1.82) is 0 Å². The van der Waals surface area contributed by atoms with Crippen LogP contribution in [0, 0.1) is 0 Å². The predicted octanol–water partition coefficient (Wildman–Crippen LogP) is 2.04. The Kier molecular flexibility index (Phi) is 3.07. The second-order valence-corrected chi connectivity index (χ2v) is 6.25. The fourth-order valence-corrected chi connectivity index (χ4v) is 3.77. The summed E-state index contributed by atoms with van der Waals surface area (Å²) in [5.41, 5.74) is 6.76. The lowest BCUT2D eigenvalue weighted by molar-refractivity contribution is 0.0996. The van der Waals surface area contributed by atoms with Gasteiger partial charge >= 0.3 is 0 Å². The zero-order valence-electron chi connectivity index (χ0n) is 11.8. The Hall–Kier alpha value is -2.41. The quantitative estimate of drug-likeness (QED) is 0.803. The van der Waals surface area contributed by atoms with Crippen LogP contribution in [0.3, 0.4) is 0 Å². The van der Waals surface area contributed by atoms with E-state index in [9.17, 15) is 4.79 Å². The number of para-hydroxylation sites is 1. The topological polar surface area (TPSA) is 77.0 Å². The van der Waals surface area contributed by atoms with Crippen molar-refractivity contribution in [2.45, 2.75) is 12.5 Å². The molecule has 112 valence electrons. The molecule has 1 fully saturated rings. The molecule has 1 aliphatic rings. The third kappa shape index (κ3) is 2.14. The molecule has 1 aromatic carbocycles. The van der Waals surface area contributed by atoms with Crippen molar-refractivity contribution in [2.24, 2.45) is 5.73 Å². The number of primary amides is 1. The van der Waals surface area contributed by atoms with E-state index in [4.69, 9.17) is 5.73 Å². The number of benzene rings is 1. The molecule has 4 rings (SSSR count). The number of aromatic nitrogens is 3. The average molecular weight is 313 g/mol. The number of rotatable bonds is 3. The maximum atomic E-state index is 11.2. The Morgan fingerprint density at radius 3 is 3.05 bits per heavy atom. The van der Waals surface area contributed by atoms with Gasteiger partial charge in [0.05, 0.1) is 17.8 Å². The van der Waals surface area contributed by atoms with Gasteiger partial charge in [0.2, 0.25) is 0 Å². The van der Waals surface area contributed by atoms with Crippen molar-refractivity contribution in [1.82, 2.24) is 14.8 Å². The van der Waals surface area contributed by atoms with Gasteiger partial charge in [-0.1, -0.05) is 18.2 Å². The Morgan fingerprint density at radius 1 is 1.36 bits per heavy atom. The van der Waals surface area contributed by atoms with Crippen LogP contribution in [0.2, 0.25) is 0 Å². The van der Waals surface area contributed by atoms with Gasteiger partial charge in [-0.15, -0.1) is 11.3 Å². The molecule has 2 N–H and O–H groups in total. The number of carbonyl (C=O) groups excluding carboxylic acids is 1. The van der Waals surface area contributed by atoms with Crippen LogP contribution in [0.4, 0.5) is 5.13 Å². The maximum Gasteiger partial charge on any atom is 0.268 e. The molecule has 0 aliphatic carbocycles. The van der Waals surface area contributed by atoms with Crippen LogP contribution < -0.4 is 10.6 Å². The molecule has 0 bridgehead atoms. The number of carbonyl (C=O) groups is 1. The van der Waals surface area contributed by atoms with E-state index in [1.807, 2.05) is 18.3 Å². The van der Waals surface area contributed by atoms with Crippen molar-refractivity contribution < 1.29 is 4.79 Å². The van der Waals surface area contributed by atoms with Crippen LogP contribution >= 0.6 is 11.3 Å². The lowest BCUT2D eigenvalue weighted by Crippen LogP contribution is -2.21. The highest BCUT2D eigenvalue weighted by Gasteiger charge is 2.27. The summed E-state index contributed by atoms with van der Waals surface area (Å²) in [6, 6.07) is 8.55. The zero-order valence-corrected chi connectivity index (χ0v) is 12.7. The lowest BCUT2D eigenvalue weighted by Gasteiger charge is -2.15. The van der Waals surface area contributed by atoms with Crippen LogP contribution in [-0.4, -0.2) is 33.8 Å². The number of nitrogens with zero attached hydrogens (tertiary/aromatic N) is 4. The van der Waals surface area contributed by atoms with Gasteiger partial charge in [-0.25, -0.2) is 4.98 Å². The van der Waals surface area contributed by atoms with Crippen molar-refractivity contribution in [3.05, 3.63) is 41.5 Å². The van der Waals surface area contributed by atoms with E-state index in [2.05, 4.69) is 31.8 Å². The molecule has 1 aliphatic heterocycles. The Bertz CT molecular complexity index is 839.